The molecule has 0 radical (unpaired) electrons. The van der Waals surface area contributed by atoms with Crippen LogP contribution in [-0.4, -0.2) is 11.9 Å². The molecule has 2 N–H and O–H groups in total. The zero-order valence-corrected chi connectivity index (χ0v) is 17.1. The molecular weight excluding hydrogens is 397 g/mol. The molecule has 0 spiro atoms. The molecule has 0 fully saturated rings. The molecule has 0 amide bonds. The number of ether oxygens (including phenoxy) is 2. The molecule has 0 bridgehead atoms. The van der Waals surface area contributed by atoms with Crippen molar-refractivity contribution in [1.82, 2.24) is 0 Å². The van der Waals surface area contributed by atoms with Crippen LogP contribution in [0, 0.1) is 0 Å². The fourth-order valence-electron chi connectivity index (χ4n) is 2.22. The Morgan fingerprint density at radius 2 is 1.14 bits per heavy atom. The van der Waals surface area contributed by atoms with Crippen molar-refractivity contribution in [2.75, 3.05) is 0 Å². The van der Waals surface area contributed by atoms with Gasteiger partial charge in [0, 0.05) is 24.0 Å². The Bertz CT molecular complexity index is 777. The molecule has 0 aliphatic rings. The van der Waals surface area contributed by atoms with Crippen molar-refractivity contribution >= 4 is 19.7 Å². The third-order valence-electron chi connectivity index (χ3n) is 3.68. The Hall–Kier alpha value is -2.51. The van der Waals surface area contributed by atoms with Gasteiger partial charge in [-0.2, -0.15) is 0 Å². The van der Waals surface area contributed by atoms with Crippen molar-refractivity contribution in [3.8, 4) is 0 Å². The molecule has 2 aromatic rings. The minimum absolute atomic E-state index is 0.0865. The van der Waals surface area contributed by atoms with Gasteiger partial charge in [-0.05, 0) is 0 Å². The van der Waals surface area contributed by atoms with E-state index in [0.717, 1.165) is 0 Å². The summed E-state index contributed by atoms with van der Waals surface area (Å²) in [4.78, 5) is 23.5. The van der Waals surface area contributed by atoms with Gasteiger partial charge in [-0.25, -0.2) is 10.1 Å². The zero-order valence-electron chi connectivity index (χ0n) is 16.2. The van der Waals surface area contributed by atoms with Gasteiger partial charge < -0.3 is 9.47 Å². The van der Waals surface area contributed by atoms with Crippen molar-refractivity contribution in [3.63, 3.8) is 0 Å². The van der Waals surface area contributed by atoms with E-state index in [0.29, 0.717) is 11.1 Å². The second kappa shape index (κ2) is 10.9. The summed E-state index contributed by atoms with van der Waals surface area (Å²) in [7, 11) is -4.32. The number of benzene rings is 2. The predicted octanol–water partition coefficient (Wildman–Crippen LogP) is 4.39. The summed E-state index contributed by atoms with van der Waals surface area (Å²) in [6, 6.07) is 16.8. The van der Waals surface area contributed by atoms with Crippen LogP contribution in [0.1, 0.15) is 50.4 Å². The molecule has 0 saturated heterocycles. The van der Waals surface area contributed by atoms with Crippen LogP contribution in [0.3, 0.4) is 0 Å². The summed E-state index contributed by atoms with van der Waals surface area (Å²) >= 11 is 0. The van der Waals surface area contributed by atoms with E-state index < -0.39 is 32.3 Å². The van der Waals surface area contributed by atoms with Crippen LogP contribution in [-0.2, 0) is 32.7 Å². The van der Waals surface area contributed by atoms with Gasteiger partial charge in [0.05, 0.1) is 0 Å². The highest BCUT2D eigenvalue weighted by molar-refractivity contribution is 7.51. The van der Waals surface area contributed by atoms with E-state index in [9.17, 15) is 14.2 Å². The number of carbonyl (C=O) groups is 2. The maximum absolute atomic E-state index is 12.9. The van der Waals surface area contributed by atoms with Crippen LogP contribution in [0.2, 0.25) is 0 Å². The molecule has 156 valence electrons. The summed E-state index contributed by atoms with van der Waals surface area (Å²) in [5.74, 6) is -1.15. The fourth-order valence-corrected chi connectivity index (χ4v) is 3.13. The van der Waals surface area contributed by atoms with E-state index >= 15 is 0 Å². The second-order valence-corrected chi connectivity index (χ2v) is 7.42. The van der Waals surface area contributed by atoms with E-state index in [2.05, 4.69) is 0 Å². The number of carbonyl (C=O) groups excluding carboxylic acids is 2. The van der Waals surface area contributed by atoms with Crippen LogP contribution in [0.25, 0.3) is 0 Å². The normalized spacial score (nSPS) is 15.0. The summed E-state index contributed by atoms with van der Waals surface area (Å²) in [6.07, 6.45) is -2.53. The first kappa shape index (κ1) is 22.8. The van der Waals surface area contributed by atoms with Crippen molar-refractivity contribution in [2.24, 2.45) is 5.50 Å². The highest BCUT2D eigenvalue weighted by Gasteiger charge is 2.33. The maximum atomic E-state index is 12.9. The number of rotatable bonds is 10. The topological polar surface area (TPSA) is 114 Å². The second-order valence-electron chi connectivity index (χ2n) is 5.92. The number of hydrogen-bond donors (Lipinski definition) is 1. The lowest BCUT2D eigenvalue weighted by Gasteiger charge is -2.25. The largest absolute Gasteiger partial charge is 0.431 e. The van der Waals surface area contributed by atoms with Crippen LogP contribution >= 0.6 is 7.75 Å². The molecule has 2 aromatic carbocycles. The number of nitrogens with two attached hydrogens (primary N) is 1. The Morgan fingerprint density at radius 3 is 1.45 bits per heavy atom. The zero-order chi connectivity index (χ0) is 21.3. The van der Waals surface area contributed by atoms with Crippen LogP contribution in [0.5, 0.6) is 0 Å². The lowest BCUT2D eigenvalue weighted by molar-refractivity contribution is -0.172. The van der Waals surface area contributed by atoms with Crippen molar-refractivity contribution in [1.29, 1.82) is 0 Å². The molecule has 0 heterocycles. The molecule has 29 heavy (non-hydrogen) atoms. The first-order valence-electron chi connectivity index (χ1n) is 9.09. The van der Waals surface area contributed by atoms with Crippen molar-refractivity contribution in [2.45, 2.75) is 39.3 Å². The number of esters is 2. The summed E-state index contributed by atoms with van der Waals surface area (Å²) in [6.45, 7) is 3.22. The fraction of sp³-hybridized carbons (Fsp3) is 0.300. The van der Waals surface area contributed by atoms with Crippen LogP contribution < -0.4 is 5.50 Å². The average Bonchev–Trinajstić information content (AvgIpc) is 2.73. The molecule has 0 aliphatic carbocycles. The van der Waals surface area contributed by atoms with Gasteiger partial charge in [-0.1, -0.05) is 74.5 Å². The lowest BCUT2D eigenvalue weighted by Crippen LogP contribution is -2.19. The van der Waals surface area contributed by atoms with Crippen molar-refractivity contribution < 1.29 is 32.7 Å². The van der Waals surface area contributed by atoms with E-state index in [1.165, 1.54) is 0 Å². The van der Waals surface area contributed by atoms with Crippen molar-refractivity contribution in [3.05, 3.63) is 71.8 Å². The van der Waals surface area contributed by atoms with E-state index in [1.807, 2.05) is 0 Å². The first-order valence-corrected chi connectivity index (χ1v) is 10.7. The summed E-state index contributed by atoms with van der Waals surface area (Å²) in [5.41, 5.74) is 6.60. The maximum Gasteiger partial charge on any atom is 0.409 e. The van der Waals surface area contributed by atoms with E-state index in [4.69, 9.17) is 24.0 Å². The quantitative estimate of drug-likeness (QED) is 0.341. The molecule has 0 saturated carbocycles. The van der Waals surface area contributed by atoms with Gasteiger partial charge in [0.25, 0.3) is 0 Å². The minimum Gasteiger partial charge on any atom is -0.431 e. The number of hydrogen-bond acceptors (Lipinski definition) is 7. The van der Waals surface area contributed by atoms with Crippen LogP contribution in [0.15, 0.2) is 60.7 Å². The molecule has 0 aliphatic heterocycles. The lowest BCUT2D eigenvalue weighted by atomic mass is 10.2. The Kier molecular flexibility index (Phi) is 8.54. The minimum atomic E-state index is -4.32. The molecule has 2 unspecified atom stereocenters. The third kappa shape index (κ3) is 7.44. The SMILES string of the molecule is CCC(=O)OC(OP(N)(=O)OC(OC(=O)CC)c1ccccc1)c1ccccc1. The third-order valence-corrected chi connectivity index (χ3v) is 4.65. The first-order chi connectivity index (χ1) is 13.8. The van der Waals surface area contributed by atoms with Gasteiger partial charge in [0.15, 0.2) is 0 Å². The Morgan fingerprint density at radius 1 is 0.793 bits per heavy atom. The molecule has 9 heteroatoms. The predicted molar refractivity (Wildman–Crippen MR) is 105 cm³/mol. The standard InChI is InChI=1S/C20H24NO7P/c1-3-17(22)25-19(15-11-7-5-8-12-15)27-29(21,24)28-20(26-18(23)4-2)16-13-9-6-10-14-16/h5-14,19-20H,3-4H2,1-2H3,(H2,21,24). The van der Waals surface area contributed by atoms with E-state index in [1.54, 1.807) is 74.5 Å². The molecule has 2 atom stereocenters. The van der Waals surface area contributed by atoms with Gasteiger partial charge >= 0.3 is 19.7 Å². The van der Waals surface area contributed by atoms with Gasteiger partial charge in [-0.3, -0.25) is 18.6 Å². The van der Waals surface area contributed by atoms with E-state index in [-0.39, 0.29) is 12.8 Å². The smallest absolute Gasteiger partial charge is 0.409 e. The molecule has 2 rings (SSSR count). The van der Waals surface area contributed by atoms with Gasteiger partial charge in [-0.15, -0.1) is 0 Å². The average molecular weight is 421 g/mol. The summed E-state index contributed by atoms with van der Waals surface area (Å²) < 4.78 is 34.0. The van der Waals surface area contributed by atoms with Gasteiger partial charge in [0.2, 0.25) is 12.6 Å². The molecule has 8 nitrogen and oxygen atoms in total. The highest BCUT2D eigenvalue weighted by atomic mass is 31.2. The Labute approximate surface area is 169 Å². The molecule has 0 aromatic heterocycles. The van der Waals surface area contributed by atoms with Crippen LogP contribution in [0.4, 0.5) is 0 Å². The Balaban J connectivity index is 2.23. The molecular formula is C20H24NO7P. The monoisotopic (exact) mass is 421 g/mol. The summed E-state index contributed by atoms with van der Waals surface area (Å²) in [5, 5.41) is 0. The highest BCUT2D eigenvalue weighted by Crippen LogP contribution is 2.49. The van der Waals surface area contributed by atoms with Gasteiger partial charge in [0.1, 0.15) is 0 Å².